The highest BCUT2D eigenvalue weighted by atomic mass is 16.5. The van der Waals surface area contributed by atoms with Gasteiger partial charge in [-0.1, -0.05) is 0 Å². The van der Waals surface area contributed by atoms with Crippen molar-refractivity contribution in [3.05, 3.63) is 24.0 Å². The number of aromatic nitrogens is 1. The smallest absolute Gasteiger partial charge is 0.303 e. The minimum absolute atomic E-state index is 0.0986. The van der Waals surface area contributed by atoms with Crippen molar-refractivity contribution >= 4 is 5.97 Å². The molecular weight excluding hydrogens is 194 g/mol. The first-order valence-corrected chi connectivity index (χ1v) is 4.90. The predicted molar refractivity (Wildman–Crippen MR) is 56.0 cm³/mol. The Bertz CT molecular complexity index is 336. The van der Waals surface area contributed by atoms with E-state index in [0.29, 0.717) is 12.2 Å². The topological polar surface area (TPSA) is 59.4 Å². The van der Waals surface area contributed by atoms with Gasteiger partial charge in [0.25, 0.3) is 0 Å². The summed E-state index contributed by atoms with van der Waals surface area (Å²) in [5.41, 5.74) is 0.885. The quantitative estimate of drug-likeness (QED) is 0.804. The van der Waals surface area contributed by atoms with Crippen LogP contribution < -0.4 is 4.74 Å². The second-order valence-corrected chi connectivity index (χ2v) is 3.59. The summed E-state index contributed by atoms with van der Waals surface area (Å²) in [6.07, 6.45) is 3.99. The number of carbonyl (C=O) groups is 1. The Labute approximate surface area is 88.9 Å². The number of carboxylic acid groups (broad SMARTS) is 1. The Kier molecular flexibility index (Phi) is 4.09. The molecule has 0 aromatic carbocycles. The molecule has 0 amide bonds. The Morgan fingerprint density at radius 1 is 1.53 bits per heavy atom. The lowest BCUT2D eigenvalue weighted by atomic mass is 10.1. The minimum atomic E-state index is -0.801. The molecule has 0 bridgehead atoms. The number of hydrogen-bond donors (Lipinski definition) is 1. The first kappa shape index (κ1) is 11.5. The maximum atomic E-state index is 10.4. The number of ether oxygens (including phenoxy) is 1. The molecule has 4 nitrogen and oxygen atoms in total. The van der Waals surface area contributed by atoms with Crippen LogP contribution in [0.2, 0.25) is 0 Å². The predicted octanol–water partition coefficient (Wildman–Crippen LogP) is 1.89. The first-order chi connectivity index (χ1) is 7.08. The molecule has 1 aromatic heterocycles. The van der Waals surface area contributed by atoms with Crippen molar-refractivity contribution in [1.82, 2.24) is 4.98 Å². The standard InChI is InChI=1S/C11H15NO3/c1-8(2)15-10-5-9(6-12-7-10)3-4-11(13)14/h5-8H,3-4H2,1-2H3,(H,13,14). The van der Waals surface area contributed by atoms with Gasteiger partial charge in [-0.3, -0.25) is 9.78 Å². The fraction of sp³-hybridized carbons (Fsp3) is 0.455. The number of hydrogen-bond acceptors (Lipinski definition) is 3. The minimum Gasteiger partial charge on any atom is -0.489 e. The zero-order chi connectivity index (χ0) is 11.3. The van der Waals surface area contributed by atoms with Crippen molar-refractivity contribution in [3.63, 3.8) is 0 Å². The summed E-state index contributed by atoms with van der Waals surface area (Å²) in [4.78, 5) is 14.4. The summed E-state index contributed by atoms with van der Waals surface area (Å²) in [7, 11) is 0. The van der Waals surface area contributed by atoms with E-state index in [9.17, 15) is 4.79 Å². The van der Waals surface area contributed by atoms with Crippen molar-refractivity contribution in [1.29, 1.82) is 0 Å². The fourth-order valence-corrected chi connectivity index (χ4v) is 1.19. The van der Waals surface area contributed by atoms with Crippen LogP contribution in [-0.4, -0.2) is 22.2 Å². The van der Waals surface area contributed by atoms with Gasteiger partial charge in [0, 0.05) is 12.6 Å². The first-order valence-electron chi connectivity index (χ1n) is 4.90. The molecule has 1 N–H and O–H groups in total. The molecule has 1 heterocycles. The Hall–Kier alpha value is -1.58. The molecule has 82 valence electrons. The van der Waals surface area contributed by atoms with E-state index in [4.69, 9.17) is 9.84 Å². The van der Waals surface area contributed by atoms with Gasteiger partial charge < -0.3 is 9.84 Å². The fourth-order valence-electron chi connectivity index (χ4n) is 1.19. The van der Waals surface area contributed by atoms with Crippen LogP contribution in [0.4, 0.5) is 0 Å². The summed E-state index contributed by atoms with van der Waals surface area (Å²) in [6, 6.07) is 1.83. The molecule has 0 atom stereocenters. The molecule has 0 fully saturated rings. The van der Waals surface area contributed by atoms with Gasteiger partial charge in [-0.15, -0.1) is 0 Å². The second-order valence-electron chi connectivity index (χ2n) is 3.59. The molecule has 0 unspecified atom stereocenters. The molecule has 1 rings (SSSR count). The molecule has 0 saturated heterocycles. The van der Waals surface area contributed by atoms with Crippen LogP contribution in [0.5, 0.6) is 5.75 Å². The van der Waals surface area contributed by atoms with Gasteiger partial charge in [-0.25, -0.2) is 0 Å². The normalized spacial score (nSPS) is 10.3. The Morgan fingerprint density at radius 3 is 2.87 bits per heavy atom. The lowest BCUT2D eigenvalue weighted by molar-refractivity contribution is -0.136. The molecule has 0 spiro atoms. The van der Waals surface area contributed by atoms with Crippen LogP contribution in [0.1, 0.15) is 25.8 Å². The summed E-state index contributed by atoms with van der Waals surface area (Å²) in [5, 5.41) is 8.54. The van der Waals surface area contributed by atoms with E-state index in [1.165, 1.54) is 0 Å². The Morgan fingerprint density at radius 2 is 2.27 bits per heavy atom. The maximum absolute atomic E-state index is 10.4. The number of aliphatic carboxylic acids is 1. The van der Waals surface area contributed by atoms with Crippen molar-refractivity contribution in [2.45, 2.75) is 32.8 Å². The van der Waals surface area contributed by atoms with E-state index in [1.807, 2.05) is 19.9 Å². The lowest BCUT2D eigenvalue weighted by Gasteiger charge is -2.09. The van der Waals surface area contributed by atoms with Crippen LogP contribution in [0.25, 0.3) is 0 Å². The molecule has 4 heteroatoms. The summed E-state index contributed by atoms with van der Waals surface area (Å²) < 4.78 is 5.45. The van der Waals surface area contributed by atoms with Gasteiger partial charge in [0.1, 0.15) is 5.75 Å². The Balaban J connectivity index is 2.61. The van der Waals surface area contributed by atoms with Gasteiger partial charge in [0.05, 0.1) is 12.3 Å². The SMILES string of the molecule is CC(C)Oc1cncc(CCC(=O)O)c1. The van der Waals surface area contributed by atoms with Gasteiger partial charge in [0.15, 0.2) is 0 Å². The van der Waals surface area contributed by atoms with Gasteiger partial charge in [-0.2, -0.15) is 0 Å². The van der Waals surface area contributed by atoms with Crippen LogP contribution in [-0.2, 0) is 11.2 Å². The van der Waals surface area contributed by atoms with Gasteiger partial charge in [0.2, 0.25) is 0 Å². The average Bonchev–Trinajstić information content (AvgIpc) is 2.14. The number of rotatable bonds is 5. The van der Waals surface area contributed by atoms with E-state index >= 15 is 0 Å². The van der Waals surface area contributed by atoms with E-state index in [2.05, 4.69) is 4.98 Å². The highest BCUT2D eigenvalue weighted by Crippen LogP contribution is 2.14. The maximum Gasteiger partial charge on any atom is 0.303 e. The molecule has 15 heavy (non-hydrogen) atoms. The van der Waals surface area contributed by atoms with Crippen molar-refractivity contribution < 1.29 is 14.6 Å². The molecule has 1 aromatic rings. The molecule has 0 saturated carbocycles. The van der Waals surface area contributed by atoms with Crippen molar-refractivity contribution in [2.24, 2.45) is 0 Å². The van der Waals surface area contributed by atoms with Crippen LogP contribution >= 0.6 is 0 Å². The zero-order valence-electron chi connectivity index (χ0n) is 8.93. The monoisotopic (exact) mass is 209 g/mol. The highest BCUT2D eigenvalue weighted by molar-refractivity contribution is 5.67. The summed E-state index contributed by atoms with van der Waals surface area (Å²) in [5.74, 6) is -0.113. The van der Waals surface area contributed by atoms with Crippen LogP contribution in [0.15, 0.2) is 18.5 Å². The molecule has 0 radical (unpaired) electrons. The molecule has 0 aliphatic heterocycles. The second kappa shape index (κ2) is 5.34. The van der Waals surface area contributed by atoms with Gasteiger partial charge >= 0.3 is 5.97 Å². The third-order valence-electron chi connectivity index (χ3n) is 1.77. The third kappa shape index (κ3) is 4.44. The largest absolute Gasteiger partial charge is 0.489 e. The van der Waals surface area contributed by atoms with Crippen molar-refractivity contribution in [3.8, 4) is 5.75 Å². The van der Waals surface area contributed by atoms with Crippen LogP contribution in [0, 0.1) is 0 Å². The summed E-state index contributed by atoms with van der Waals surface area (Å²) >= 11 is 0. The zero-order valence-corrected chi connectivity index (χ0v) is 8.93. The number of pyridine rings is 1. The van der Waals surface area contributed by atoms with Crippen molar-refractivity contribution in [2.75, 3.05) is 0 Å². The van der Waals surface area contributed by atoms with E-state index in [0.717, 1.165) is 5.56 Å². The number of carboxylic acids is 1. The third-order valence-corrected chi connectivity index (χ3v) is 1.77. The number of aryl methyl sites for hydroxylation is 1. The highest BCUT2D eigenvalue weighted by Gasteiger charge is 2.02. The van der Waals surface area contributed by atoms with E-state index in [-0.39, 0.29) is 12.5 Å². The van der Waals surface area contributed by atoms with Crippen LogP contribution in [0.3, 0.4) is 0 Å². The number of nitrogens with zero attached hydrogens (tertiary/aromatic N) is 1. The average molecular weight is 209 g/mol. The van der Waals surface area contributed by atoms with E-state index in [1.54, 1.807) is 12.4 Å². The molecule has 0 aliphatic rings. The molecule has 0 aliphatic carbocycles. The van der Waals surface area contributed by atoms with E-state index < -0.39 is 5.97 Å². The molecular formula is C11H15NO3. The van der Waals surface area contributed by atoms with Gasteiger partial charge in [-0.05, 0) is 31.9 Å². The summed E-state index contributed by atoms with van der Waals surface area (Å²) in [6.45, 7) is 3.87. The lowest BCUT2D eigenvalue weighted by Crippen LogP contribution is -2.06.